The first-order chi connectivity index (χ1) is 9.60. The van der Waals surface area contributed by atoms with Crippen LogP contribution >= 0.6 is 23.7 Å². The molecule has 6 heteroatoms. The number of carbonyl (C=O) groups is 1. The number of thiazole rings is 1. The van der Waals surface area contributed by atoms with Gasteiger partial charge < -0.3 is 11.1 Å². The van der Waals surface area contributed by atoms with Crippen molar-refractivity contribution in [3.05, 3.63) is 51.5 Å². The van der Waals surface area contributed by atoms with Crippen LogP contribution in [0.2, 0.25) is 0 Å². The monoisotopic (exact) mass is 325 g/mol. The molecule has 0 aliphatic carbocycles. The molecule has 0 aliphatic heterocycles. The van der Waals surface area contributed by atoms with Crippen LogP contribution < -0.4 is 11.1 Å². The van der Waals surface area contributed by atoms with E-state index < -0.39 is 0 Å². The van der Waals surface area contributed by atoms with Crippen LogP contribution in [0.3, 0.4) is 0 Å². The van der Waals surface area contributed by atoms with E-state index in [2.05, 4.69) is 36.3 Å². The summed E-state index contributed by atoms with van der Waals surface area (Å²) < 4.78 is 0. The van der Waals surface area contributed by atoms with Crippen molar-refractivity contribution in [1.29, 1.82) is 0 Å². The van der Waals surface area contributed by atoms with E-state index >= 15 is 0 Å². The van der Waals surface area contributed by atoms with Crippen LogP contribution in [-0.2, 0) is 13.1 Å². The lowest BCUT2D eigenvalue weighted by molar-refractivity contribution is 0.0946. The fourth-order valence-corrected chi connectivity index (χ4v) is 2.46. The highest BCUT2D eigenvalue weighted by molar-refractivity contribution is 7.09. The number of halogens is 1. The highest BCUT2D eigenvalue weighted by Gasteiger charge is 2.09. The van der Waals surface area contributed by atoms with Crippen molar-refractivity contribution in [3.8, 4) is 0 Å². The van der Waals surface area contributed by atoms with E-state index in [1.165, 1.54) is 16.9 Å². The summed E-state index contributed by atoms with van der Waals surface area (Å²) in [6, 6.07) is 8.28. The topological polar surface area (TPSA) is 68.0 Å². The van der Waals surface area contributed by atoms with Gasteiger partial charge in [0.2, 0.25) is 0 Å². The summed E-state index contributed by atoms with van der Waals surface area (Å²) in [7, 11) is 0. The summed E-state index contributed by atoms with van der Waals surface area (Å²) in [5.41, 5.74) is 8.30. The van der Waals surface area contributed by atoms with Gasteiger partial charge in [0.1, 0.15) is 10.7 Å². The Balaban J connectivity index is 0.00000220. The number of hydrogen-bond acceptors (Lipinski definition) is 4. The molecule has 2 rings (SSSR count). The molecule has 0 aliphatic rings. The van der Waals surface area contributed by atoms with Gasteiger partial charge in [-0.3, -0.25) is 4.79 Å². The highest BCUT2D eigenvalue weighted by atomic mass is 35.5. The molecule has 1 aromatic carbocycles. The maximum absolute atomic E-state index is 11.9. The quantitative estimate of drug-likeness (QED) is 0.887. The molecule has 0 radical (unpaired) electrons. The molecule has 2 aromatic rings. The van der Waals surface area contributed by atoms with Crippen LogP contribution in [0.15, 0.2) is 29.6 Å². The maximum Gasteiger partial charge on any atom is 0.271 e. The van der Waals surface area contributed by atoms with Gasteiger partial charge in [-0.05, 0) is 17.0 Å². The van der Waals surface area contributed by atoms with Crippen LogP contribution in [0.4, 0.5) is 0 Å². The van der Waals surface area contributed by atoms with E-state index in [1.54, 1.807) is 5.38 Å². The van der Waals surface area contributed by atoms with E-state index in [0.29, 0.717) is 24.7 Å². The average Bonchev–Trinajstić information content (AvgIpc) is 2.94. The zero-order valence-corrected chi connectivity index (χ0v) is 13.8. The van der Waals surface area contributed by atoms with Gasteiger partial charge in [-0.2, -0.15) is 0 Å². The molecular weight excluding hydrogens is 306 g/mol. The first kappa shape index (κ1) is 17.6. The van der Waals surface area contributed by atoms with Gasteiger partial charge in [-0.25, -0.2) is 4.98 Å². The zero-order valence-electron chi connectivity index (χ0n) is 12.1. The van der Waals surface area contributed by atoms with Crippen LogP contribution in [-0.4, -0.2) is 10.9 Å². The van der Waals surface area contributed by atoms with Gasteiger partial charge in [-0.1, -0.05) is 38.1 Å². The van der Waals surface area contributed by atoms with Crippen molar-refractivity contribution < 1.29 is 4.79 Å². The second-order valence-corrected chi connectivity index (χ2v) is 5.85. The minimum Gasteiger partial charge on any atom is -0.347 e. The van der Waals surface area contributed by atoms with Gasteiger partial charge in [0.15, 0.2) is 0 Å². The zero-order chi connectivity index (χ0) is 14.5. The predicted octanol–water partition coefficient (Wildman–Crippen LogP) is 3.08. The third kappa shape index (κ3) is 4.81. The smallest absolute Gasteiger partial charge is 0.271 e. The molecule has 0 fully saturated rings. The van der Waals surface area contributed by atoms with Gasteiger partial charge in [0.05, 0.1) is 0 Å². The third-order valence-corrected chi connectivity index (χ3v) is 3.93. The first-order valence-corrected chi connectivity index (χ1v) is 7.49. The number of aromatic nitrogens is 1. The summed E-state index contributed by atoms with van der Waals surface area (Å²) in [5, 5.41) is 5.38. The molecular formula is C15H20ClN3OS. The molecule has 0 unspecified atom stereocenters. The number of carbonyl (C=O) groups excluding carboxylic acids is 1. The summed E-state index contributed by atoms with van der Waals surface area (Å²) in [4.78, 5) is 16.1. The Morgan fingerprint density at radius 1 is 1.33 bits per heavy atom. The molecule has 0 atom stereocenters. The van der Waals surface area contributed by atoms with E-state index in [1.807, 2.05) is 12.1 Å². The first-order valence-electron chi connectivity index (χ1n) is 6.61. The van der Waals surface area contributed by atoms with E-state index in [9.17, 15) is 4.79 Å². The molecule has 21 heavy (non-hydrogen) atoms. The number of rotatable bonds is 5. The third-order valence-electron chi connectivity index (χ3n) is 3.06. The normalized spacial score (nSPS) is 10.3. The molecule has 1 heterocycles. The number of nitrogens with two attached hydrogens (primary N) is 1. The molecule has 3 N–H and O–H groups in total. The second-order valence-electron chi connectivity index (χ2n) is 4.91. The Kier molecular flexibility index (Phi) is 6.81. The summed E-state index contributed by atoms with van der Waals surface area (Å²) >= 11 is 1.41. The Morgan fingerprint density at radius 3 is 2.52 bits per heavy atom. The minimum absolute atomic E-state index is 0. The molecule has 0 saturated heterocycles. The van der Waals surface area contributed by atoms with Crippen molar-refractivity contribution >= 4 is 29.7 Å². The molecule has 0 saturated carbocycles. The lowest BCUT2D eigenvalue weighted by Gasteiger charge is -2.07. The Morgan fingerprint density at radius 2 is 2.00 bits per heavy atom. The van der Waals surface area contributed by atoms with Crippen LogP contribution in [0, 0.1) is 0 Å². The number of benzene rings is 1. The summed E-state index contributed by atoms with van der Waals surface area (Å²) in [6.07, 6.45) is 0. The van der Waals surface area contributed by atoms with Crippen LogP contribution in [0.1, 0.15) is 46.4 Å². The van der Waals surface area contributed by atoms with Gasteiger partial charge in [-0.15, -0.1) is 23.7 Å². The second kappa shape index (κ2) is 8.12. The van der Waals surface area contributed by atoms with Gasteiger partial charge >= 0.3 is 0 Å². The molecule has 0 bridgehead atoms. The predicted molar refractivity (Wildman–Crippen MR) is 89.0 cm³/mol. The lowest BCUT2D eigenvalue weighted by Crippen LogP contribution is -2.23. The average molecular weight is 326 g/mol. The Bertz CT molecular complexity index is 581. The molecule has 0 spiro atoms. The van der Waals surface area contributed by atoms with Crippen molar-refractivity contribution in [1.82, 2.24) is 10.3 Å². The van der Waals surface area contributed by atoms with Crippen molar-refractivity contribution in [2.24, 2.45) is 5.73 Å². The van der Waals surface area contributed by atoms with E-state index in [4.69, 9.17) is 5.73 Å². The number of nitrogens with one attached hydrogen (secondary N) is 1. The van der Waals surface area contributed by atoms with Gasteiger partial charge in [0, 0.05) is 18.5 Å². The molecule has 4 nitrogen and oxygen atoms in total. The fourth-order valence-electron chi connectivity index (χ4n) is 1.80. The largest absolute Gasteiger partial charge is 0.347 e. The van der Waals surface area contributed by atoms with Crippen molar-refractivity contribution in [2.45, 2.75) is 32.9 Å². The summed E-state index contributed by atoms with van der Waals surface area (Å²) in [6.45, 7) is 5.20. The van der Waals surface area contributed by atoms with Crippen molar-refractivity contribution in [2.75, 3.05) is 0 Å². The molecule has 1 amide bonds. The Hall–Kier alpha value is -1.43. The fraction of sp³-hybridized carbons (Fsp3) is 0.333. The number of nitrogens with zero attached hydrogens (tertiary/aromatic N) is 1. The standard InChI is InChI=1S/C15H19N3OS.ClH/c1-10(2)12-5-3-11(4-6-12)8-17-15(19)13-9-20-14(7-16)18-13;/h3-6,9-10H,7-8,16H2,1-2H3,(H,17,19);1H. The van der Waals surface area contributed by atoms with Gasteiger partial charge in [0.25, 0.3) is 5.91 Å². The highest BCUT2D eigenvalue weighted by Crippen LogP contribution is 2.14. The number of amides is 1. The lowest BCUT2D eigenvalue weighted by atomic mass is 10.0. The maximum atomic E-state index is 11.9. The SMILES string of the molecule is CC(C)c1ccc(CNC(=O)c2csc(CN)n2)cc1.Cl. The van der Waals surface area contributed by atoms with Crippen LogP contribution in [0.25, 0.3) is 0 Å². The van der Waals surface area contributed by atoms with E-state index in [-0.39, 0.29) is 18.3 Å². The minimum atomic E-state index is -0.158. The number of hydrogen-bond donors (Lipinski definition) is 2. The Labute approximate surface area is 135 Å². The van der Waals surface area contributed by atoms with Crippen molar-refractivity contribution in [3.63, 3.8) is 0 Å². The van der Waals surface area contributed by atoms with Crippen LogP contribution in [0.5, 0.6) is 0 Å². The summed E-state index contributed by atoms with van der Waals surface area (Å²) in [5.74, 6) is 0.359. The molecule has 114 valence electrons. The van der Waals surface area contributed by atoms with E-state index in [0.717, 1.165) is 10.6 Å². The molecule has 1 aromatic heterocycles.